The number of aromatic amines is 2. The summed E-state index contributed by atoms with van der Waals surface area (Å²) in [6.45, 7) is 8.59. The molecule has 4 aromatic rings. The number of aryl methyl sites for hydroxylation is 3. The number of nitrogens with zero attached hydrogens (tertiary/aromatic N) is 4. The van der Waals surface area contributed by atoms with Crippen molar-refractivity contribution in [2.75, 3.05) is 0 Å². The van der Waals surface area contributed by atoms with Crippen molar-refractivity contribution < 1.29 is 0 Å². The summed E-state index contributed by atoms with van der Waals surface area (Å²) < 4.78 is 0. The number of aromatic nitrogens is 6. The minimum atomic E-state index is 0.133. The van der Waals surface area contributed by atoms with E-state index < -0.39 is 0 Å². The van der Waals surface area contributed by atoms with Gasteiger partial charge in [0, 0.05) is 24.4 Å². The molecule has 0 spiro atoms. The molecule has 138 valence electrons. The summed E-state index contributed by atoms with van der Waals surface area (Å²) in [6, 6.07) is 8.74. The van der Waals surface area contributed by atoms with Gasteiger partial charge >= 0.3 is 0 Å². The summed E-state index contributed by atoms with van der Waals surface area (Å²) >= 11 is 0. The van der Waals surface area contributed by atoms with Crippen molar-refractivity contribution in [1.29, 1.82) is 0 Å². The van der Waals surface area contributed by atoms with E-state index in [-0.39, 0.29) is 5.41 Å². The van der Waals surface area contributed by atoms with Crippen molar-refractivity contribution in [3.8, 4) is 11.3 Å². The van der Waals surface area contributed by atoms with Crippen LogP contribution in [-0.4, -0.2) is 30.1 Å². The Morgan fingerprint density at radius 3 is 2.37 bits per heavy atom. The summed E-state index contributed by atoms with van der Waals surface area (Å²) in [6.07, 6.45) is 5.00. The Kier molecular flexibility index (Phi) is 4.26. The molecule has 0 saturated heterocycles. The molecule has 0 aliphatic heterocycles. The molecule has 1 aromatic carbocycles. The van der Waals surface area contributed by atoms with E-state index in [0.717, 1.165) is 52.5 Å². The topological polar surface area (TPSA) is 83.1 Å². The summed E-state index contributed by atoms with van der Waals surface area (Å²) in [4.78, 5) is 16.9. The lowest BCUT2D eigenvalue weighted by Crippen LogP contribution is -2.10. The van der Waals surface area contributed by atoms with Gasteiger partial charge in [-0.3, -0.25) is 10.1 Å². The van der Waals surface area contributed by atoms with E-state index in [9.17, 15) is 0 Å². The van der Waals surface area contributed by atoms with Crippen LogP contribution in [0, 0.1) is 6.92 Å². The van der Waals surface area contributed by atoms with Crippen molar-refractivity contribution in [2.45, 2.75) is 46.0 Å². The summed E-state index contributed by atoms with van der Waals surface area (Å²) in [5.41, 5.74) is 6.55. The molecular weight excluding hydrogens is 336 g/mol. The number of hydrogen-bond donors (Lipinski definition) is 2. The van der Waals surface area contributed by atoms with Crippen LogP contribution in [0.15, 0.2) is 36.7 Å². The lowest BCUT2D eigenvalue weighted by molar-refractivity contribution is 0.590. The zero-order valence-electron chi connectivity index (χ0n) is 16.2. The van der Waals surface area contributed by atoms with Crippen LogP contribution in [0.3, 0.4) is 0 Å². The summed E-state index contributed by atoms with van der Waals surface area (Å²) in [5, 5.41) is 7.16. The molecule has 0 atom stereocenters. The van der Waals surface area contributed by atoms with E-state index in [1.165, 1.54) is 5.56 Å². The predicted molar refractivity (Wildman–Crippen MR) is 107 cm³/mol. The molecule has 0 aliphatic rings. The van der Waals surface area contributed by atoms with E-state index >= 15 is 0 Å². The van der Waals surface area contributed by atoms with Crippen LogP contribution in [0.4, 0.5) is 0 Å². The SMILES string of the molecule is Cc1nc(CCc2c(-c3ccc(C(C)(C)C)cc3)[nH]c3nccnc23)n[nH]1. The highest BCUT2D eigenvalue weighted by molar-refractivity contribution is 5.85. The molecule has 4 rings (SSSR count). The molecule has 2 N–H and O–H groups in total. The first-order valence-corrected chi connectivity index (χ1v) is 9.22. The lowest BCUT2D eigenvalue weighted by Gasteiger charge is -2.19. The van der Waals surface area contributed by atoms with Gasteiger partial charge in [0.15, 0.2) is 11.5 Å². The van der Waals surface area contributed by atoms with Gasteiger partial charge in [0.05, 0.1) is 5.69 Å². The maximum Gasteiger partial charge on any atom is 0.156 e. The number of benzene rings is 1. The van der Waals surface area contributed by atoms with Gasteiger partial charge in [-0.25, -0.2) is 9.97 Å². The largest absolute Gasteiger partial charge is 0.338 e. The monoisotopic (exact) mass is 360 g/mol. The summed E-state index contributed by atoms with van der Waals surface area (Å²) in [7, 11) is 0. The minimum Gasteiger partial charge on any atom is -0.338 e. The number of rotatable bonds is 4. The molecular formula is C21H24N6. The Morgan fingerprint density at radius 2 is 1.70 bits per heavy atom. The van der Waals surface area contributed by atoms with Gasteiger partial charge in [0.2, 0.25) is 0 Å². The fraction of sp³-hybridized carbons (Fsp3) is 0.333. The van der Waals surface area contributed by atoms with Gasteiger partial charge < -0.3 is 4.98 Å². The Bertz CT molecular complexity index is 1070. The van der Waals surface area contributed by atoms with Gasteiger partial charge in [-0.2, -0.15) is 5.10 Å². The second kappa shape index (κ2) is 6.61. The first-order valence-electron chi connectivity index (χ1n) is 9.22. The van der Waals surface area contributed by atoms with Gasteiger partial charge in [0.1, 0.15) is 11.3 Å². The van der Waals surface area contributed by atoms with Gasteiger partial charge in [0.25, 0.3) is 0 Å². The van der Waals surface area contributed by atoms with E-state index in [1.54, 1.807) is 12.4 Å². The molecule has 3 heterocycles. The Balaban J connectivity index is 1.73. The number of hydrogen-bond acceptors (Lipinski definition) is 4. The first-order chi connectivity index (χ1) is 12.9. The molecule has 3 aromatic heterocycles. The van der Waals surface area contributed by atoms with Gasteiger partial charge in [-0.1, -0.05) is 45.0 Å². The van der Waals surface area contributed by atoms with Crippen molar-refractivity contribution >= 4 is 11.2 Å². The maximum absolute atomic E-state index is 4.56. The second-order valence-corrected chi connectivity index (χ2v) is 7.90. The van der Waals surface area contributed by atoms with Gasteiger partial charge in [-0.15, -0.1) is 0 Å². The molecule has 6 nitrogen and oxygen atoms in total. The molecule has 6 heteroatoms. The van der Waals surface area contributed by atoms with E-state index in [1.807, 2.05) is 6.92 Å². The lowest BCUT2D eigenvalue weighted by atomic mass is 9.86. The smallest absolute Gasteiger partial charge is 0.156 e. The molecule has 27 heavy (non-hydrogen) atoms. The third-order valence-corrected chi connectivity index (χ3v) is 4.81. The number of nitrogens with one attached hydrogen (secondary N) is 2. The van der Waals surface area contributed by atoms with Crippen molar-refractivity contribution in [3.63, 3.8) is 0 Å². The predicted octanol–water partition coefficient (Wildman–Crippen LogP) is 4.13. The van der Waals surface area contributed by atoms with Crippen LogP contribution < -0.4 is 0 Å². The molecule has 0 amide bonds. The highest BCUT2D eigenvalue weighted by Gasteiger charge is 2.18. The zero-order chi connectivity index (χ0) is 19.0. The zero-order valence-corrected chi connectivity index (χ0v) is 16.2. The first kappa shape index (κ1) is 17.4. The van der Waals surface area contributed by atoms with Crippen LogP contribution in [0.2, 0.25) is 0 Å². The number of fused-ring (bicyclic) bond motifs is 1. The minimum absolute atomic E-state index is 0.133. The third-order valence-electron chi connectivity index (χ3n) is 4.81. The average Bonchev–Trinajstić information content (AvgIpc) is 3.22. The van der Waals surface area contributed by atoms with Crippen molar-refractivity contribution in [3.05, 3.63) is 59.4 Å². The normalized spacial score (nSPS) is 12.0. The highest BCUT2D eigenvalue weighted by Crippen LogP contribution is 2.31. The molecule has 0 aliphatic carbocycles. The van der Waals surface area contributed by atoms with Crippen LogP contribution in [0.5, 0.6) is 0 Å². The van der Waals surface area contributed by atoms with Crippen LogP contribution >= 0.6 is 0 Å². The summed E-state index contributed by atoms with van der Waals surface area (Å²) in [5.74, 6) is 1.65. The fourth-order valence-electron chi connectivity index (χ4n) is 3.33. The van der Waals surface area contributed by atoms with Crippen LogP contribution in [-0.2, 0) is 18.3 Å². The molecule has 0 unspecified atom stereocenters. The van der Waals surface area contributed by atoms with E-state index in [4.69, 9.17) is 0 Å². The molecule has 0 saturated carbocycles. The van der Waals surface area contributed by atoms with Gasteiger partial charge in [-0.05, 0) is 29.9 Å². The highest BCUT2D eigenvalue weighted by atomic mass is 15.2. The Morgan fingerprint density at radius 1 is 0.963 bits per heavy atom. The number of H-pyrrole nitrogens is 2. The Hall–Kier alpha value is -3.02. The van der Waals surface area contributed by atoms with Crippen LogP contribution in [0.25, 0.3) is 22.4 Å². The van der Waals surface area contributed by atoms with Crippen molar-refractivity contribution in [2.24, 2.45) is 0 Å². The molecule has 0 bridgehead atoms. The average molecular weight is 360 g/mol. The quantitative estimate of drug-likeness (QED) is 0.573. The fourth-order valence-corrected chi connectivity index (χ4v) is 3.33. The second-order valence-electron chi connectivity index (χ2n) is 7.90. The van der Waals surface area contributed by atoms with E-state index in [0.29, 0.717) is 0 Å². The van der Waals surface area contributed by atoms with Crippen LogP contribution in [0.1, 0.15) is 43.5 Å². The molecule has 0 fully saturated rings. The molecule has 0 radical (unpaired) electrons. The third kappa shape index (κ3) is 3.47. The standard InChI is InChI=1S/C21H24N6/c1-13-24-17(27-26-13)10-9-16-18(25-20-19(16)22-11-12-23-20)14-5-7-15(8-6-14)21(2,3)4/h5-8,11-12H,9-10H2,1-4H3,(H,23,25)(H,24,26,27). The van der Waals surface area contributed by atoms with E-state index in [2.05, 4.69) is 75.2 Å². The van der Waals surface area contributed by atoms with Crippen molar-refractivity contribution in [1.82, 2.24) is 30.1 Å². The maximum atomic E-state index is 4.56. The Labute approximate surface area is 158 Å².